The van der Waals surface area contributed by atoms with Crippen LogP contribution in [-0.2, 0) is 6.61 Å². The first-order chi connectivity index (χ1) is 18.4. The maximum Gasteiger partial charge on any atom is 0.261 e. The Morgan fingerprint density at radius 2 is 1.74 bits per heavy atom. The summed E-state index contributed by atoms with van der Waals surface area (Å²) in [6.07, 6.45) is 1.50. The van der Waals surface area contributed by atoms with Gasteiger partial charge in [0.2, 0.25) is 5.95 Å². The van der Waals surface area contributed by atoms with Gasteiger partial charge >= 0.3 is 0 Å². The number of halogens is 1. The fraction of sp³-hybridized carbons (Fsp3) is 0.194. The third kappa shape index (κ3) is 4.75. The summed E-state index contributed by atoms with van der Waals surface area (Å²) < 4.78 is 27.7. The summed E-state index contributed by atoms with van der Waals surface area (Å²) >= 11 is 0. The van der Waals surface area contributed by atoms with Gasteiger partial charge in [0.25, 0.3) is 5.56 Å². The predicted octanol–water partition coefficient (Wildman–Crippen LogP) is 6.41. The SMILES string of the molecule is COc1ccc([C@@H](C)n2cnc3c(-c4c(C)ccc(OCc5ccccc5)c4C)nc(F)cc3c2=O)cc1. The molecule has 2 aromatic heterocycles. The number of aromatic nitrogens is 3. The van der Waals surface area contributed by atoms with E-state index >= 15 is 0 Å². The van der Waals surface area contributed by atoms with Crippen LogP contribution in [0.25, 0.3) is 22.2 Å². The van der Waals surface area contributed by atoms with Gasteiger partial charge in [-0.05, 0) is 55.7 Å². The largest absolute Gasteiger partial charge is 0.497 e. The van der Waals surface area contributed by atoms with Gasteiger partial charge in [0, 0.05) is 17.2 Å². The summed E-state index contributed by atoms with van der Waals surface area (Å²) in [6.45, 7) is 6.13. The van der Waals surface area contributed by atoms with E-state index in [-0.39, 0.29) is 17.0 Å². The van der Waals surface area contributed by atoms with Crippen LogP contribution in [0.1, 0.15) is 35.2 Å². The number of hydrogen-bond acceptors (Lipinski definition) is 5. The predicted molar refractivity (Wildman–Crippen MR) is 146 cm³/mol. The lowest BCUT2D eigenvalue weighted by Crippen LogP contribution is -2.25. The lowest BCUT2D eigenvalue weighted by atomic mass is 9.97. The van der Waals surface area contributed by atoms with Crippen molar-refractivity contribution in [1.29, 1.82) is 0 Å². The molecule has 7 heteroatoms. The van der Waals surface area contributed by atoms with Crippen molar-refractivity contribution >= 4 is 10.9 Å². The first-order valence-corrected chi connectivity index (χ1v) is 12.4. The molecule has 0 radical (unpaired) electrons. The molecule has 0 aliphatic rings. The molecule has 0 aliphatic carbocycles. The second-order valence-corrected chi connectivity index (χ2v) is 9.25. The Labute approximate surface area is 220 Å². The first kappa shape index (κ1) is 25.1. The lowest BCUT2D eigenvalue weighted by molar-refractivity contribution is 0.304. The van der Waals surface area contributed by atoms with E-state index in [0.717, 1.165) is 34.1 Å². The van der Waals surface area contributed by atoms with Gasteiger partial charge in [-0.2, -0.15) is 4.39 Å². The van der Waals surface area contributed by atoms with E-state index < -0.39 is 5.95 Å². The Kier molecular flexibility index (Phi) is 6.92. The van der Waals surface area contributed by atoms with Crippen LogP contribution >= 0.6 is 0 Å². The van der Waals surface area contributed by atoms with Crippen molar-refractivity contribution in [2.45, 2.75) is 33.4 Å². The Morgan fingerprint density at radius 1 is 1.00 bits per heavy atom. The smallest absolute Gasteiger partial charge is 0.261 e. The van der Waals surface area contributed by atoms with Crippen LogP contribution < -0.4 is 15.0 Å². The summed E-state index contributed by atoms with van der Waals surface area (Å²) in [5, 5.41) is 0.171. The molecule has 0 bridgehead atoms. The number of pyridine rings is 1. The maximum atomic E-state index is 14.9. The molecule has 192 valence electrons. The van der Waals surface area contributed by atoms with Crippen LogP contribution in [0.4, 0.5) is 4.39 Å². The van der Waals surface area contributed by atoms with E-state index in [2.05, 4.69) is 9.97 Å². The number of aryl methyl sites for hydroxylation is 1. The van der Waals surface area contributed by atoms with Crippen molar-refractivity contribution in [2.75, 3.05) is 7.11 Å². The average molecular weight is 510 g/mol. The van der Waals surface area contributed by atoms with Crippen molar-refractivity contribution in [2.24, 2.45) is 0 Å². The Hall–Kier alpha value is -4.52. The van der Waals surface area contributed by atoms with Crippen molar-refractivity contribution in [3.63, 3.8) is 0 Å². The van der Waals surface area contributed by atoms with Crippen molar-refractivity contribution in [3.05, 3.63) is 118 Å². The Balaban J connectivity index is 1.58. The Morgan fingerprint density at radius 3 is 2.45 bits per heavy atom. The third-order valence-corrected chi connectivity index (χ3v) is 6.85. The zero-order chi connectivity index (χ0) is 26.8. The highest BCUT2D eigenvalue weighted by Gasteiger charge is 2.20. The average Bonchev–Trinajstić information content (AvgIpc) is 2.93. The molecule has 0 fully saturated rings. The van der Waals surface area contributed by atoms with Crippen LogP contribution in [-0.4, -0.2) is 21.6 Å². The van der Waals surface area contributed by atoms with Gasteiger partial charge in [0.05, 0.1) is 24.9 Å². The van der Waals surface area contributed by atoms with Gasteiger partial charge < -0.3 is 9.47 Å². The maximum absolute atomic E-state index is 14.9. The second-order valence-electron chi connectivity index (χ2n) is 9.25. The van der Waals surface area contributed by atoms with E-state index in [1.165, 1.54) is 10.9 Å². The number of methoxy groups -OCH3 is 1. The van der Waals surface area contributed by atoms with Crippen LogP contribution in [0.5, 0.6) is 11.5 Å². The normalized spacial score (nSPS) is 11.9. The summed E-state index contributed by atoms with van der Waals surface area (Å²) in [5.74, 6) is 0.647. The highest BCUT2D eigenvalue weighted by atomic mass is 19.1. The molecule has 0 saturated carbocycles. The van der Waals surface area contributed by atoms with E-state index in [4.69, 9.17) is 9.47 Å². The van der Waals surface area contributed by atoms with Crippen LogP contribution in [0.15, 0.2) is 83.9 Å². The number of fused-ring (bicyclic) bond motifs is 1. The van der Waals surface area contributed by atoms with E-state index in [1.54, 1.807) is 7.11 Å². The summed E-state index contributed by atoms with van der Waals surface area (Å²) in [4.78, 5) is 22.4. The fourth-order valence-electron chi connectivity index (χ4n) is 4.69. The standard InChI is InChI=1S/C31H28FN3O3/c1-19-10-15-26(38-17-22-8-6-5-7-9-22)20(2)28(19)30-29-25(16-27(32)34-30)31(36)35(18-33-29)21(3)23-11-13-24(37-4)14-12-23/h5-16,18,21H,17H2,1-4H3/t21-/m1/s1. The van der Waals surface area contributed by atoms with Crippen molar-refractivity contribution < 1.29 is 13.9 Å². The zero-order valence-corrected chi connectivity index (χ0v) is 21.7. The molecule has 0 saturated heterocycles. The van der Waals surface area contributed by atoms with Gasteiger partial charge in [-0.25, -0.2) is 9.97 Å². The molecule has 0 unspecified atom stereocenters. The number of nitrogens with zero attached hydrogens (tertiary/aromatic N) is 3. The van der Waals surface area contributed by atoms with Crippen LogP contribution in [0.2, 0.25) is 0 Å². The monoisotopic (exact) mass is 509 g/mol. The fourth-order valence-corrected chi connectivity index (χ4v) is 4.69. The number of benzene rings is 3. The minimum atomic E-state index is -0.740. The molecule has 0 spiro atoms. The van der Waals surface area contributed by atoms with Gasteiger partial charge in [-0.15, -0.1) is 0 Å². The van der Waals surface area contributed by atoms with Crippen molar-refractivity contribution in [3.8, 4) is 22.8 Å². The molecule has 0 amide bonds. The van der Waals surface area contributed by atoms with Crippen LogP contribution in [0, 0.1) is 19.8 Å². The molecule has 6 nitrogen and oxygen atoms in total. The summed E-state index contributed by atoms with van der Waals surface area (Å²) in [5.41, 5.74) is 4.66. The summed E-state index contributed by atoms with van der Waals surface area (Å²) in [7, 11) is 1.60. The molecule has 0 N–H and O–H groups in total. The minimum absolute atomic E-state index is 0.171. The highest BCUT2D eigenvalue weighted by molar-refractivity contribution is 5.92. The third-order valence-electron chi connectivity index (χ3n) is 6.85. The van der Waals surface area contributed by atoms with E-state index in [1.807, 2.05) is 87.5 Å². The van der Waals surface area contributed by atoms with Gasteiger partial charge in [-0.1, -0.05) is 48.5 Å². The Bertz CT molecular complexity index is 1670. The molecule has 1 atom stereocenters. The lowest BCUT2D eigenvalue weighted by Gasteiger charge is -2.18. The topological polar surface area (TPSA) is 66.2 Å². The molecular weight excluding hydrogens is 481 g/mol. The van der Waals surface area contributed by atoms with Gasteiger partial charge in [-0.3, -0.25) is 9.36 Å². The number of hydrogen-bond donors (Lipinski definition) is 0. The van der Waals surface area contributed by atoms with Gasteiger partial charge in [0.15, 0.2) is 0 Å². The molecular formula is C31H28FN3O3. The van der Waals surface area contributed by atoms with E-state index in [0.29, 0.717) is 29.1 Å². The molecule has 0 aliphatic heterocycles. The number of ether oxygens (including phenoxy) is 2. The highest BCUT2D eigenvalue weighted by Crippen LogP contribution is 2.35. The molecule has 5 aromatic rings. The molecule has 38 heavy (non-hydrogen) atoms. The first-order valence-electron chi connectivity index (χ1n) is 12.4. The molecule has 2 heterocycles. The molecule has 5 rings (SSSR count). The van der Waals surface area contributed by atoms with E-state index in [9.17, 15) is 9.18 Å². The summed E-state index contributed by atoms with van der Waals surface area (Å²) in [6, 6.07) is 22.0. The van der Waals surface area contributed by atoms with Gasteiger partial charge in [0.1, 0.15) is 29.3 Å². The second kappa shape index (κ2) is 10.5. The quantitative estimate of drug-likeness (QED) is 0.237. The molecule has 3 aromatic carbocycles. The van der Waals surface area contributed by atoms with Crippen molar-refractivity contribution in [1.82, 2.24) is 14.5 Å². The van der Waals surface area contributed by atoms with Crippen LogP contribution in [0.3, 0.4) is 0 Å². The number of rotatable bonds is 7. The zero-order valence-electron chi connectivity index (χ0n) is 21.7. The minimum Gasteiger partial charge on any atom is -0.497 e.